The molecule has 52 heavy (non-hydrogen) atoms. The highest BCUT2D eigenvalue weighted by Gasteiger charge is 2.48. The third-order valence-corrected chi connectivity index (χ3v) is 11.3. The SMILES string of the molecule is CCCCOCCC1(CCOCCCC)c2cc(C)ccc2-c2c1c1c(c3cc(C)ccc23)OC(c2ccc(C)cc2)(c2ccc(OC)cc2)C=C1. The molecule has 5 aromatic rings. The van der Waals surface area contributed by atoms with Crippen LogP contribution in [-0.4, -0.2) is 33.5 Å². The predicted molar refractivity (Wildman–Crippen MR) is 215 cm³/mol. The molecular formula is C48H54O4. The summed E-state index contributed by atoms with van der Waals surface area (Å²) in [6.45, 7) is 13.9. The first-order chi connectivity index (χ1) is 25.3. The Bertz CT molecular complexity index is 2040. The standard InChI is InChI=1S/C48H54O4/c1-7-9-27-50-29-25-47(26-30-51-28-10-8-2)43-32-35(5)14-22-40(43)44-39-21-13-34(4)31-42(39)46-41(45(44)47)23-24-48(52-46,36-15-11-33(3)12-16-36)37-17-19-38(49-6)20-18-37/h11-24,31-32H,7-10,25-30H2,1-6H3. The molecule has 0 amide bonds. The molecule has 7 rings (SSSR count). The molecule has 1 unspecified atom stereocenters. The molecule has 4 nitrogen and oxygen atoms in total. The van der Waals surface area contributed by atoms with E-state index in [4.69, 9.17) is 18.9 Å². The molecule has 4 heteroatoms. The minimum Gasteiger partial charge on any atom is -0.497 e. The second-order valence-electron chi connectivity index (χ2n) is 14.9. The van der Waals surface area contributed by atoms with Crippen molar-refractivity contribution in [2.24, 2.45) is 0 Å². The van der Waals surface area contributed by atoms with Crippen molar-refractivity contribution in [3.63, 3.8) is 0 Å². The number of fused-ring (bicyclic) bond motifs is 8. The molecular weight excluding hydrogens is 641 g/mol. The van der Waals surface area contributed by atoms with Gasteiger partial charge in [0.05, 0.1) is 7.11 Å². The lowest BCUT2D eigenvalue weighted by atomic mass is 9.70. The molecule has 2 aliphatic rings. The van der Waals surface area contributed by atoms with Crippen molar-refractivity contribution < 1.29 is 18.9 Å². The van der Waals surface area contributed by atoms with Crippen LogP contribution >= 0.6 is 0 Å². The summed E-state index contributed by atoms with van der Waals surface area (Å²) < 4.78 is 26.0. The molecule has 1 heterocycles. The summed E-state index contributed by atoms with van der Waals surface area (Å²) in [5.74, 6) is 1.76. The molecule has 0 bridgehead atoms. The molecule has 0 saturated heterocycles. The summed E-state index contributed by atoms with van der Waals surface area (Å²) in [5.41, 5.74) is 11.2. The number of methoxy groups -OCH3 is 1. The Kier molecular flexibility index (Phi) is 10.6. The summed E-state index contributed by atoms with van der Waals surface area (Å²) >= 11 is 0. The zero-order valence-corrected chi connectivity index (χ0v) is 31.9. The number of hydrogen-bond donors (Lipinski definition) is 0. The molecule has 1 atom stereocenters. The van der Waals surface area contributed by atoms with E-state index in [0.717, 1.165) is 79.8 Å². The molecule has 1 aliphatic heterocycles. The van der Waals surface area contributed by atoms with Gasteiger partial charge >= 0.3 is 0 Å². The van der Waals surface area contributed by atoms with E-state index in [2.05, 4.69) is 120 Å². The van der Waals surface area contributed by atoms with Gasteiger partial charge in [0.1, 0.15) is 11.5 Å². The fourth-order valence-corrected chi connectivity index (χ4v) is 8.39. The Morgan fingerprint density at radius 3 is 1.87 bits per heavy atom. The van der Waals surface area contributed by atoms with Gasteiger partial charge in [0.25, 0.3) is 0 Å². The van der Waals surface area contributed by atoms with E-state index in [1.807, 2.05) is 12.1 Å². The third-order valence-electron chi connectivity index (χ3n) is 11.3. The lowest BCUT2D eigenvalue weighted by Crippen LogP contribution is -2.36. The first-order valence-electron chi connectivity index (χ1n) is 19.3. The topological polar surface area (TPSA) is 36.9 Å². The number of rotatable bonds is 15. The van der Waals surface area contributed by atoms with E-state index in [9.17, 15) is 0 Å². The smallest absolute Gasteiger partial charge is 0.178 e. The highest BCUT2D eigenvalue weighted by molar-refractivity contribution is 6.08. The van der Waals surface area contributed by atoms with Gasteiger partial charge in [-0.2, -0.15) is 0 Å². The first-order valence-corrected chi connectivity index (χ1v) is 19.3. The first kappa shape index (κ1) is 36.0. The molecule has 0 saturated carbocycles. The van der Waals surface area contributed by atoms with Crippen molar-refractivity contribution in [3.05, 3.63) is 136 Å². The predicted octanol–water partition coefficient (Wildman–Crippen LogP) is 11.8. The molecule has 1 aliphatic carbocycles. The van der Waals surface area contributed by atoms with Crippen LogP contribution in [0.5, 0.6) is 11.5 Å². The van der Waals surface area contributed by atoms with Gasteiger partial charge in [0.2, 0.25) is 0 Å². The molecule has 0 radical (unpaired) electrons. The van der Waals surface area contributed by atoms with Crippen LogP contribution in [0.15, 0.2) is 91.0 Å². The Balaban J connectivity index is 1.49. The van der Waals surface area contributed by atoms with E-state index >= 15 is 0 Å². The molecule has 0 N–H and O–H groups in total. The molecule has 270 valence electrons. The molecule has 0 spiro atoms. The Morgan fingerprint density at radius 1 is 0.635 bits per heavy atom. The van der Waals surface area contributed by atoms with Gasteiger partial charge in [-0.25, -0.2) is 0 Å². The Morgan fingerprint density at radius 2 is 1.23 bits per heavy atom. The lowest BCUT2D eigenvalue weighted by Gasteiger charge is -2.40. The average molecular weight is 695 g/mol. The zero-order chi connectivity index (χ0) is 36.3. The highest BCUT2D eigenvalue weighted by Crippen LogP contribution is 2.60. The van der Waals surface area contributed by atoms with Gasteiger partial charge < -0.3 is 18.9 Å². The van der Waals surface area contributed by atoms with Crippen LogP contribution in [0.2, 0.25) is 0 Å². The quantitative estimate of drug-likeness (QED) is 0.102. The number of ether oxygens (including phenoxy) is 4. The normalized spacial score (nSPS) is 16.7. The van der Waals surface area contributed by atoms with Gasteiger partial charge in [0, 0.05) is 53.9 Å². The van der Waals surface area contributed by atoms with Crippen molar-refractivity contribution in [3.8, 4) is 22.6 Å². The fraction of sp³-hybridized carbons (Fsp3) is 0.375. The van der Waals surface area contributed by atoms with Crippen LogP contribution in [0.3, 0.4) is 0 Å². The van der Waals surface area contributed by atoms with Crippen molar-refractivity contribution >= 4 is 16.8 Å². The van der Waals surface area contributed by atoms with Crippen LogP contribution in [-0.2, 0) is 20.5 Å². The van der Waals surface area contributed by atoms with Gasteiger partial charge in [-0.3, -0.25) is 0 Å². The maximum absolute atomic E-state index is 7.64. The monoisotopic (exact) mass is 694 g/mol. The van der Waals surface area contributed by atoms with Crippen molar-refractivity contribution in [2.75, 3.05) is 33.5 Å². The minimum absolute atomic E-state index is 0.310. The number of aryl methyl sites for hydroxylation is 3. The van der Waals surface area contributed by atoms with Gasteiger partial charge in [-0.1, -0.05) is 116 Å². The molecule has 0 fully saturated rings. The van der Waals surface area contributed by atoms with Crippen LogP contribution in [0.4, 0.5) is 0 Å². The van der Waals surface area contributed by atoms with Crippen molar-refractivity contribution in [2.45, 2.75) is 84.2 Å². The minimum atomic E-state index is -0.838. The maximum atomic E-state index is 7.64. The third kappa shape index (κ3) is 6.46. The van der Waals surface area contributed by atoms with Gasteiger partial charge in [0.15, 0.2) is 5.60 Å². The summed E-state index contributed by atoms with van der Waals surface area (Å²) in [4.78, 5) is 0. The number of hydrogen-bond acceptors (Lipinski definition) is 4. The Labute approximate surface area is 310 Å². The number of benzene rings is 5. The molecule has 5 aromatic carbocycles. The summed E-state index contributed by atoms with van der Waals surface area (Å²) in [6.07, 6.45) is 10.8. The average Bonchev–Trinajstić information content (AvgIpc) is 3.44. The van der Waals surface area contributed by atoms with Crippen molar-refractivity contribution in [1.29, 1.82) is 0 Å². The summed E-state index contributed by atoms with van der Waals surface area (Å²) in [7, 11) is 1.71. The Hall–Kier alpha value is -4.38. The van der Waals surface area contributed by atoms with Gasteiger partial charge in [-0.15, -0.1) is 0 Å². The fourth-order valence-electron chi connectivity index (χ4n) is 8.39. The van der Waals surface area contributed by atoms with E-state index in [1.54, 1.807) is 7.11 Å². The second-order valence-corrected chi connectivity index (χ2v) is 14.9. The van der Waals surface area contributed by atoms with Crippen molar-refractivity contribution in [1.82, 2.24) is 0 Å². The van der Waals surface area contributed by atoms with Crippen LogP contribution in [0.25, 0.3) is 28.0 Å². The summed E-state index contributed by atoms with van der Waals surface area (Å²) in [5, 5.41) is 2.37. The van der Waals surface area contributed by atoms with Crippen LogP contribution < -0.4 is 9.47 Å². The largest absolute Gasteiger partial charge is 0.497 e. The second kappa shape index (κ2) is 15.3. The van der Waals surface area contributed by atoms with Crippen LogP contribution in [0.1, 0.15) is 96.9 Å². The number of unbranched alkanes of at least 4 members (excludes halogenated alkanes) is 2. The summed E-state index contributed by atoms with van der Waals surface area (Å²) in [6, 6.07) is 31.1. The van der Waals surface area contributed by atoms with E-state index in [1.165, 1.54) is 49.9 Å². The lowest BCUT2D eigenvalue weighted by molar-refractivity contribution is 0.0923. The van der Waals surface area contributed by atoms with Crippen LogP contribution in [0, 0.1) is 20.8 Å². The van der Waals surface area contributed by atoms with E-state index in [-0.39, 0.29) is 5.41 Å². The zero-order valence-electron chi connectivity index (χ0n) is 31.9. The molecule has 0 aromatic heterocycles. The van der Waals surface area contributed by atoms with E-state index in [0.29, 0.717) is 13.2 Å². The van der Waals surface area contributed by atoms with E-state index < -0.39 is 5.60 Å². The maximum Gasteiger partial charge on any atom is 0.178 e. The highest BCUT2D eigenvalue weighted by atomic mass is 16.5. The van der Waals surface area contributed by atoms with Gasteiger partial charge in [-0.05, 0) is 98.4 Å².